The van der Waals surface area contributed by atoms with Gasteiger partial charge in [-0.25, -0.2) is 0 Å². The molecule has 1 amide bonds. The topological polar surface area (TPSA) is 58.2 Å². The lowest BCUT2D eigenvalue weighted by Crippen LogP contribution is -2.28. The lowest BCUT2D eigenvalue weighted by Gasteiger charge is -2.22. The molecule has 2 N–H and O–H groups in total. The Morgan fingerprint density at radius 3 is 2.86 bits per heavy atom. The molecule has 5 heteroatoms. The van der Waals surface area contributed by atoms with Gasteiger partial charge in [-0.05, 0) is 56.0 Å². The van der Waals surface area contributed by atoms with Crippen molar-refractivity contribution < 1.29 is 9.00 Å². The molecule has 0 spiro atoms. The predicted molar refractivity (Wildman–Crippen MR) is 87.7 cm³/mol. The van der Waals surface area contributed by atoms with Gasteiger partial charge in [-0.3, -0.25) is 9.00 Å². The van der Waals surface area contributed by atoms with Gasteiger partial charge in [0.1, 0.15) is 0 Å². The third kappa shape index (κ3) is 5.98. The summed E-state index contributed by atoms with van der Waals surface area (Å²) in [5.41, 5.74) is 1.79. The second-order valence-corrected chi connectivity index (χ2v) is 7.13. The second-order valence-electron chi connectivity index (χ2n) is 5.70. The normalized spacial score (nSPS) is 17.4. The number of nitrogens with one attached hydrogen (secondary N) is 2. The molecule has 116 valence electrons. The average Bonchev–Trinajstić information content (AvgIpc) is 2.46. The molecule has 1 saturated heterocycles. The highest BCUT2D eigenvalue weighted by molar-refractivity contribution is 7.83. The summed E-state index contributed by atoms with van der Waals surface area (Å²) in [4.78, 5) is 12.0. The van der Waals surface area contributed by atoms with Crippen LogP contribution in [0.25, 0.3) is 0 Å². The van der Waals surface area contributed by atoms with Crippen molar-refractivity contribution in [3.63, 3.8) is 0 Å². The van der Waals surface area contributed by atoms with Crippen molar-refractivity contribution in [2.75, 3.05) is 24.7 Å². The first kappa shape index (κ1) is 16.2. The molecule has 21 heavy (non-hydrogen) atoms. The monoisotopic (exact) mass is 308 g/mol. The van der Waals surface area contributed by atoms with E-state index < -0.39 is 10.8 Å². The van der Waals surface area contributed by atoms with Crippen molar-refractivity contribution in [2.24, 2.45) is 5.92 Å². The molecular weight excluding hydrogens is 284 g/mol. The fourth-order valence-corrected chi connectivity index (χ4v) is 3.35. The molecule has 2 rings (SSSR count). The summed E-state index contributed by atoms with van der Waals surface area (Å²) in [6, 6.07) is 7.62. The Morgan fingerprint density at radius 2 is 2.14 bits per heavy atom. The van der Waals surface area contributed by atoms with Gasteiger partial charge in [0.05, 0.1) is 0 Å². The fourth-order valence-electron chi connectivity index (χ4n) is 2.70. The quantitative estimate of drug-likeness (QED) is 0.847. The van der Waals surface area contributed by atoms with Crippen LogP contribution in [-0.2, 0) is 21.3 Å². The van der Waals surface area contributed by atoms with Crippen LogP contribution in [0.5, 0.6) is 0 Å². The number of hydrogen-bond donors (Lipinski definition) is 2. The van der Waals surface area contributed by atoms with Crippen LogP contribution in [0.4, 0.5) is 5.69 Å². The van der Waals surface area contributed by atoms with Crippen LogP contribution in [0.15, 0.2) is 24.3 Å². The van der Waals surface area contributed by atoms with E-state index in [1.165, 1.54) is 12.8 Å². The minimum absolute atomic E-state index is 0.0725. The Bertz CT molecular complexity index is 499. The highest BCUT2D eigenvalue weighted by atomic mass is 32.2. The minimum atomic E-state index is -0.863. The molecule has 1 heterocycles. The Kier molecular flexibility index (Phi) is 6.39. The van der Waals surface area contributed by atoms with Crippen LogP contribution >= 0.6 is 0 Å². The molecule has 0 bridgehead atoms. The van der Waals surface area contributed by atoms with Gasteiger partial charge in [0.25, 0.3) is 0 Å². The van der Waals surface area contributed by atoms with Crippen molar-refractivity contribution in [1.29, 1.82) is 0 Å². The first-order chi connectivity index (χ1) is 10.1. The number of hydrogen-bond acceptors (Lipinski definition) is 3. The fraction of sp³-hybridized carbons (Fsp3) is 0.562. The van der Waals surface area contributed by atoms with E-state index in [9.17, 15) is 9.00 Å². The molecule has 1 aliphatic rings. The lowest BCUT2D eigenvalue weighted by atomic mass is 9.93. The maximum atomic E-state index is 12.0. The summed E-state index contributed by atoms with van der Waals surface area (Å²) in [6.07, 6.45) is 5.57. The summed E-state index contributed by atoms with van der Waals surface area (Å²) in [7, 11) is -0.863. The zero-order valence-electron chi connectivity index (χ0n) is 12.6. The van der Waals surface area contributed by atoms with E-state index in [0.717, 1.165) is 30.8 Å². The van der Waals surface area contributed by atoms with Gasteiger partial charge in [-0.1, -0.05) is 12.1 Å². The standard InChI is InChI=1S/C16H24N2O2S/c1-21(20)12-14-3-2-4-15(11-14)18-16(19)6-5-13-7-9-17-10-8-13/h2-4,11,13,17H,5-10,12H2,1H3,(H,18,19). The van der Waals surface area contributed by atoms with Crippen molar-refractivity contribution in [1.82, 2.24) is 5.32 Å². The van der Waals surface area contributed by atoms with Gasteiger partial charge in [0.15, 0.2) is 0 Å². The van der Waals surface area contributed by atoms with Crippen molar-refractivity contribution >= 4 is 22.4 Å². The number of carbonyl (C=O) groups is 1. The second kappa shape index (κ2) is 8.29. The van der Waals surface area contributed by atoms with Gasteiger partial charge >= 0.3 is 0 Å². The van der Waals surface area contributed by atoms with Crippen LogP contribution in [-0.4, -0.2) is 29.5 Å². The van der Waals surface area contributed by atoms with Crippen LogP contribution < -0.4 is 10.6 Å². The average molecular weight is 308 g/mol. The molecule has 1 aromatic carbocycles. The largest absolute Gasteiger partial charge is 0.326 e. The van der Waals surface area contributed by atoms with E-state index in [1.807, 2.05) is 24.3 Å². The number of amides is 1. The molecule has 1 atom stereocenters. The number of anilines is 1. The molecule has 1 aromatic rings. The van der Waals surface area contributed by atoms with Crippen LogP contribution in [0, 0.1) is 5.92 Å². The van der Waals surface area contributed by atoms with Gasteiger partial charge in [0, 0.05) is 34.9 Å². The molecule has 1 fully saturated rings. The van der Waals surface area contributed by atoms with Crippen LogP contribution in [0.1, 0.15) is 31.2 Å². The molecule has 4 nitrogen and oxygen atoms in total. The van der Waals surface area contributed by atoms with Crippen LogP contribution in [0.2, 0.25) is 0 Å². The van der Waals surface area contributed by atoms with Gasteiger partial charge in [0.2, 0.25) is 5.91 Å². The summed E-state index contributed by atoms with van der Waals surface area (Å²) in [5.74, 6) is 1.27. The van der Waals surface area contributed by atoms with E-state index in [1.54, 1.807) is 6.26 Å². The molecule has 1 unspecified atom stereocenters. The summed E-state index contributed by atoms with van der Waals surface area (Å²) in [6.45, 7) is 2.14. The third-order valence-corrected chi connectivity index (χ3v) is 4.56. The van der Waals surface area contributed by atoms with E-state index in [2.05, 4.69) is 10.6 Å². The zero-order valence-corrected chi connectivity index (χ0v) is 13.4. The maximum absolute atomic E-state index is 12.0. The lowest BCUT2D eigenvalue weighted by molar-refractivity contribution is -0.116. The zero-order chi connectivity index (χ0) is 15.1. The number of rotatable bonds is 6. The third-order valence-electron chi connectivity index (χ3n) is 3.82. The Morgan fingerprint density at radius 1 is 1.38 bits per heavy atom. The number of carbonyl (C=O) groups excluding carboxylic acids is 1. The van der Waals surface area contributed by atoms with Crippen molar-refractivity contribution in [3.8, 4) is 0 Å². The highest BCUT2D eigenvalue weighted by Gasteiger charge is 2.14. The molecule has 0 aromatic heterocycles. The van der Waals surface area contributed by atoms with Crippen LogP contribution in [0.3, 0.4) is 0 Å². The first-order valence-electron chi connectivity index (χ1n) is 7.53. The van der Waals surface area contributed by atoms with Crippen molar-refractivity contribution in [2.45, 2.75) is 31.4 Å². The minimum Gasteiger partial charge on any atom is -0.326 e. The predicted octanol–water partition coefficient (Wildman–Crippen LogP) is 2.28. The van der Waals surface area contributed by atoms with E-state index in [4.69, 9.17) is 0 Å². The summed E-state index contributed by atoms with van der Waals surface area (Å²) < 4.78 is 11.2. The SMILES string of the molecule is CS(=O)Cc1cccc(NC(=O)CCC2CCNCC2)c1. The van der Waals surface area contributed by atoms with Gasteiger partial charge in [-0.15, -0.1) is 0 Å². The number of piperidine rings is 1. The first-order valence-corrected chi connectivity index (χ1v) is 9.26. The van der Waals surface area contributed by atoms with E-state index >= 15 is 0 Å². The molecule has 0 aliphatic carbocycles. The smallest absolute Gasteiger partial charge is 0.224 e. The Labute approximate surface area is 129 Å². The Balaban J connectivity index is 1.80. The van der Waals surface area contributed by atoms with Crippen molar-refractivity contribution in [3.05, 3.63) is 29.8 Å². The van der Waals surface area contributed by atoms with Gasteiger partial charge < -0.3 is 10.6 Å². The molecule has 0 radical (unpaired) electrons. The molecular formula is C16H24N2O2S. The Hall–Kier alpha value is -1.20. The summed E-state index contributed by atoms with van der Waals surface area (Å²) in [5, 5.41) is 6.28. The number of benzene rings is 1. The van der Waals surface area contributed by atoms with E-state index in [-0.39, 0.29) is 5.91 Å². The van der Waals surface area contributed by atoms with E-state index in [0.29, 0.717) is 18.1 Å². The summed E-state index contributed by atoms with van der Waals surface area (Å²) >= 11 is 0. The highest BCUT2D eigenvalue weighted by Crippen LogP contribution is 2.18. The molecule has 1 aliphatic heterocycles. The maximum Gasteiger partial charge on any atom is 0.224 e. The molecule has 0 saturated carbocycles. The van der Waals surface area contributed by atoms with Gasteiger partial charge in [-0.2, -0.15) is 0 Å².